The van der Waals surface area contributed by atoms with E-state index in [-0.39, 0.29) is 5.91 Å². The first-order valence-electron chi connectivity index (χ1n) is 8.46. The Bertz CT molecular complexity index is 643. The van der Waals surface area contributed by atoms with E-state index in [4.69, 9.17) is 9.47 Å². The Labute approximate surface area is 153 Å². The standard InChI is InChI=1S/C19H26N2O3S/c1-15(2)11-19(22)21(9-10-23-3)12-16-14-25-18(20-16)13-24-17-7-5-4-6-8-17/h4-8,14-15H,9-13H2,1-3H3. The molecule has 0 aliphatic rings. The van der Waals surface area contributed by atoms with E-state index in [1.807, 2.05) is 54.5 Å². The second kappa shape index (κ2) is 10.2. The molecule has 1 aromatic carbocycles. The average Bonchev–Trinajstić information content (AvgIpc) is 3.04. The summed E-state index contributed by atoms with van der Waals surface area (Å²) in [4.78, 5) is 18.8. The minimum atomic E-state index is 0.141. The van der Waals surface area contributed by atoms with Crippen LogP contribution >= 0.6 is 11.3 Å². The molecular weight excluding hydrogens is 336 g/mol. The highest BCUT2D eigenvalue weighted by Crippen LogP contribution is 2.17. The first kappa shape index (κ1) is 19.4. The van der Waals surface area contributed by atoms with Crippen LogP contribution in [0.3, 0.4) is 0 Å². The smallest absolute Gasteiger partial charge is 0.223 e. The maximum absolute atomic E-state index is 12.4. The number of thiazole rings is 1. The fourth-order valence-corrected chi connectivity index (χ4v) is 3.01. The molecule has 1 aromatic heterocycles. The summed E-state index contributed by atoms with van der Waals surface area (Å²) in [6, 6.07) is 9.68. The quantitative estimate of drug-likeness (QED) is 0.646. The third-order valence-electron chi connectivity index (χ3n) is 3.56. The molecule has 0 spiro atoms. The van der Waals surface area contributed by atoms with Gasteiger partial charge in [0, 0.05) is 25.5 Å². The molecule has 0 aliphatic heterocycles. The molecule has 0 saturated carbocycles. The summed E-state index contributed by atoms with van der Waals surface area (Å²) >= 11 is 1.55. The second-order valence-electron chi connectivity index (χ2n) is 6.24. The van der Waals surface area contributed by atoms with Gasteiger partial charge < -0.3 is 14.4 Å². The predicted molar refractivity (Wildman–Crippen MR) is 99.6 cm³/mol. The van der Waals surface area contributed by atoms with Gasteiger partial charge in [0.25, 0.3) is 0 Å². The van der Waals surface area contributed by atoms with E-state index in [0.717, 1.165) is 16.5 Å². The minimum absolute atomic E-state index is 0.141. The number of nitrogens with zero attached hydrogens (tertiary/aromatic N) is 2. The van der Waals surface area contributed by atoms with Crippen molar-refractivity contribution in [3.05, 3.63) is 46.4 Å². The van der Waals surface area contributed by atoms with Crippen molar-refractivity contribution in [1.29, 1.82) is 0 Å². The number of aromatic nitrogens is 1. The van der Waals surface area contributed by atoms with Crippen molar-refractivity contribution in [1.82, 2.24) is 9.88 Å². The molecule has 25 heavy (non-hydrogen) atoms. The van der Waals surface area contributed by atoms with Crippen LogP contribution in [0.15, 0.2) is 35.7 Å². The lowest BCUT2D eigenvalue weighted by Crippen LogP contribution is -2.34. The second-order valence-corrected chi connectivity index (χ2v) is 7.18. The van der Waals surface area contributed by atoms with Crippen molar-refractivity contribution in [2.24, 2.45) is 5.92 Å². The molecule has 0 bridgehead atoms. The van der Waals surface area contributed by atoms with Crippen molar-refractivity contribution < 1.29 is 14.3 Å². The van der Waals surface area contributed by atoms with Crippen LogP contribution in [0.1, 0.15) is 31.0 Å². The monoisotopic (exact) mass is 362 g/mol. The van der Waals surface area contributed by atoms with Crippen molar-refractivity contribution in [2.75, 3.05) is 20.3 Å². The van der Waals surface area contributed by atoms with Gasteiger partial charge in [0.05, 0.1) is 18.8 Å². The molecule has 1 amide bonds. The minimum Gasteiger partial charge on any atom is -0.486 e. The SMILES string of the molecule is COCCN(Cc1csc(COc2ccccc2)n1)C(=O)CC(C)C. The first-order chi connectivity index (χ1) is 12.1. The summed E-state index contributed by atoms with van der Waals surface area (Å²) in [6.45, 7) is 6.15. The van der Waals surface area contributed by atoms with E-state index < -0.39 is 0 Å². The molecule has 136 valence electrons. The molecule has 0 fully saturated rings. The van der Waals surface area contributed by atoms with Crippen LogP contribution in [-0.4, -0.2) is 36.1 Å². The number of benzene rings is 1. The molecule has 2 aromatic rings. The summed E-state index contributed by atoms with van der Waals surface area (Å²) in [7, 11) is 1.65. The van der Waals surface area contributed by atoms with Gasteiger partial charge in [-0.3, -0.25) is 4.79 Å². The van der Waals surface area contributed by atoms with E-state index in [0.29, 0.717) is 38.6 Å². The van der Waals surface area contributed by atoms with Crippen LogP contribution in [0.4, 0.5) is 0 Å². The summed E-state index contributed by atoms with van der Waals surface area (Å²) in [5, 5.41) is 2.90. The van der Waals surface area contributed by atoms with E-state index in [1.165, 1.54) is 0 Å². The Hall–Kier alpha value is -1.92. The summed E-state index contributed by atoms with van der Waals surface area (Å²) < 4.78 is 10.8. The Kier molecular flexibility index (Phi) is 7.88. The van der Waals surface area contributed by atoms with Crippen molar-refractivity contribution in [3.63, 3.8) is 0 Å². The summed E-state index contributed by atoms with van der Waals surface area (Å²) in [5.41, 5.74) is 0.893. The van der Waals surface area contributed by atoms with Crippen molar-refractivity contribution in [3.8, 4) is 5.75 Å². The number of carbonyl (C=O) groups is 1. The Morgan fingerprint density at radius 2 is 2.04 bits per heavy atom. The predicted octanol–water partition coefficient (Wildman–Crippen LogP) is 3.74. The van der Waals surface area contributed by atoms with Gasteiger partial charge in [0.2, 0.25) is 5.91 Å². The van der Waals surface area contributed by atoms with Crippen molar-refractivity contribution in [2.45, 2.75) is 33.4 Å². The van der Waals surface area contributed by atoms with E-state index in [2.05, 4.69) is 4.98 Å². The van der Waals surface area contributed by atoms with E-state index in [1.54, 1.807) is 18.4 Å². The number of rotatable bonds is 10. The molecule has 0 radical (unpaired) electrons. The zero-order valence-electron chi connectivity index (χ0n) is 15.1. The van der Waals surface area contributed by atoms with Gasteiger partial charge in [-0.25, -0.2) is 4.98 Å². The van der Waals surface area contributed by atoms with Gasteiger partial charge in [0.15, 0.2) is 0 Å². The lowest BCUT2D eigenvalue weighted by Gasteiger charge is -2.22. The fraction of sp³-hybridized carbons (Fsp3) is 0.474. The molecule has 2 rings (SSSR count). The number of ether oxygens (including phenoxy) is 2. The number of hydrogen-bond acceptors (Lipinski definition) is 5. The largest absolute Gasteiger partial charge is 0.486 e. The Morgan fingerprint density at radius 3 is 2.72 bits per heavy atom. The molecule has 0 saturated heterocycles. The van der Waals surface area contributed by atoms with E-state index in [9.17, 15) is 4.79 Å². The highest BCUT2D eigenvalue weighted by molar-refractivity contribution is 7.09. The third-order valence-corrected chi connectivity index (χ3v) is 4.43. The average molecular weight is 362 g/mol. The number of para-hydroxylation sites is 1. The fourth-order valence-electron chi connectivity index (χ4n) is 2.32. The highest BCUT2D eigenvalue weighted by Gasteiger charge is 2.16. The molecule has 0 aliphatic carbocycles. The molecule has 1 heterocycles. The van der Waals surface area contributed by atoms with Crippen LogP contribution < -0.4 is 4.74 Å². The Balaban J connectivity index is 1.92. The van der Waals surface area contributed by atoms with E-state index >= 15 is 0 Å². The zero-order valence-corrected chi connectivity index (χ0v) is 15.9. The lowest BCUT2D eigenvalue weighted by atomic mass is 10.1. The normalized spacial score (nSPS) is 10.9. The van der Waals surface area contributed by atoms with Crippen LogP contribution in [-0.2, 0) is 22.7 Å². The third kappa shape index (κ3) is 6.84. The number of carbonyl (C=O) groups excluding carboxylic acids is 1. The van der Waals surface area contributed by atoms with Gasteiger partial charge in [-0.1, -0.05) is 32.0 Å². The molecule has 0 unspecified atom stereocenters. The number of hydrogen-bond donors (Lipinski definition) is 0. The zero-order chi connectivity index (χ0) is 18.1. The lowest BCUT2D eigenvalue weighted by molar-refractivity contribution is -0.133. The summed E-state index contributed by atoms with van der Waals surface area (Å²) in [5.74, 6) is 1.30. The van der Waals surface area contributed by atoms with Gasteiger partial charge in [-0.05, 0) is 18.1 Å². The number of methoxy groups -OCH3 is 1. The first-order valence-corrected chi connectivity index (χ1v) is 9.34. The molecule has 0 atom stereocenters. The van der Waals surface area contributed by atoms with Gasteiger partial charge in [-0.15, -0.1) is 11.3 Å². The van der Waals surface area contributed by atoms with Crippen LogP contribution in [0.5, 0.6) is 5.75 Å². The molecule has 0 N–H and O–H groups in total. The highest BCUT2D eigenvalue weighted by atomic mass is 32.1. The van der Waals surface area contributed by atoms with Crippen LogP contribution in [0, 0.1) is 5.92 Å². The van der Waals surface area contributed by atoms with Gasteiger partial charge in [-0.2, -0.15) is 0 Å². The maximum Gasteiger partial charge on any atom is 0.223 e. The molecule has 6 heteroatoms. The topological polar surface area (TPSA) is 51.7 Å². The summed E-state index contributed by atoms with van der Waals surface area (Å²) in [6.07, 6.45) is 0.540. The van der Waals surface area contributed by atoms with Crippen molar-refractivity contribution >= 4 is 17.2 Å². The molecular formula is C19H26N2O3S. The van der Waals surface area contributed by atoms with Crippen LogP contribution in [0.25, 0.3) is 0 Å². The number of amides is 1. The Morgan fingerprint density at radius 1 is 1.28 bits per heavy atom. The molecule has 5 nitrogen and oxygen atoms in total. The van der Waals surface area contributed by atoms with Gasteiger partial charge >= 0.3 is 0 Å². The maximum atomic E-state index is 12.4. The van der Waals surface area contributed by atoms with Crippen LogP contribution in [0.2, 0.25) is 0 Å². The van der Waals surface area contributed by atoms with Gasteiger partial charge in [0.1, 0.15) is 17.4 Å².